The molecular weight excluding hydrogens is 333 g/mol. The van der Waals surface area contributed by atoms with E-state index < -0.39 is 34.8 Å². The number of benzene rings is 1. The van der Waals surface area contributed by atoms with Gasteiger partial charge in [-0.1, -0.05) is 6.92 Å². The van der Waals surface area contributed by atoms with Gasteiger partial charge in [0, 0.05) is 18.3 Å². The standard InChI is InChI=1S/C13H15F3N4O4/c1-2-12(13(14,15)16,10(17)7-19-18)24-11(21)8-3-5-9(6-4-8)20(22)23/h3-7,19H,2,17-18H2,1H3/b10-7-. The molecule has 132 valence electrons. The molecule has 0 bridgehead atoms. The van der Waals surface area contributed by atoms with Crippen LogP contribution in [0.5, 0.6) is 0 Å². The van der Waals surface area contributed by atoms with Crippen LogP contribution < -0.4 is 17.0 Å². The Balaban J connectivity index is 3.21. The lowest BCUT2D eigenvalue weighted by Gasteiger charge is -2.34. The normalized spacial score (nSPS) is 14.6. The molecule has 1 aromatic rings. The zero-order valence-electron chi connectivity index (χ0n) is 12.5. The monoisotopic (exact) mass is 348 g/mol. The highest BCUT2D eigenvalue weighted by Gasteiger charge is 2.59. The van der Waals surface area contributed by atoms with Crippen molar-refractivity contribution in [2.75, 3.05) is 0 Å². The van der Waals surface area contributed by atoms with Gasteiger partial charge >= 0.3 is 12.1 Å². The molecule has 1 aromatic carbocycles. The number of nitrogens with two attached hydrogens (primary N) is 2. The van der Waals surface area contributed by atoms with Crippen LogP contribution in [0.2, 0.25) is 0 Å². The third kappa shape index (κ3) is 3.74. The number of esters is 1. The molecule has 0 fully saturated rings. The van der Waals surface area contributed by atoms with Gasteiger partial charge in [0.1, 0.15) is 0 Å². The maximum Gasteiger partial charge on any atom is 0.434 e. The summed E-state index contributed by atoms with van der Waals surface area (Å²) >= 11 is 0. The van der Waals surface area contributed by atoms with E-state index in [4.69, 9.17) is 11.6 Å². The zero-order chi connectivity index (χ0) is 18.5. The fraction of sp³-hybridized carbons (Fsp3) is 0.308. The molecule has 0 saturated heterocycles. The summed E-state index contributed by atoms with van der Waals surface area (Å²) in [6.07, 6.45) is -5.03. The molecule has 0 saturated carbocycles. The Morgan fingerprint density at radius 3 is 2.29 bits per heavy atom. The van der Waals surface area contributed by atoms with Gasteiger partial charge in [-0.2, -0.15) is 13.2 Å². The maximum absolute atomic E-state index is 13.4. The molecule has 8 nitrogen and oxygen atoms in total. The molecular formula is C13H15F3N4O4. The van der Waals surface area contributed by atoms with Crippen LogP contribution >= 0.6 is 0 Å². The van der Waals surface area contributed by atoms with E-state index in [1.54, 1.807) is 0 Å². The van der Waals surface area contributed by atoms with E-state index in [9.17, 15) is 28.1 Å². The topological polar surface area (TPSA) is 134 Å². The van der Waals surface area contributed by atoms with Gasteiger partial charge in [0.15, 0.2) is 0 Å². The summed E-state index contributed by atoms with van der Waals surface area (Å²) in [5.41, 5.74) is 2.70. The van der Waals surface area contributed by atoms with Crippen LogP contribution in [0.3, 0.4) is 0 Å². The van der Waals surface area contributed by atoms with Gasteiger partial charge < -0.3 is 15.9 Å². The first-order valence-corrected chi connectivity index (χ1v) is 6.55. The van der Waals surface area contributed by atoms with Gasteiger partial charge in [-0.3, -0.25) is 16.0 Å². The van der Waals surface area contributed by atoms with Crippen molar-refractivity contribution in [2.45, 2.75) is 25.1 Å². The lowest BCUT2D eigenvalue weighted by molar-refractivity contribution is -0.384. The first-order chi connectivity index (χ1) is 11.1. The van der Waals surface area contributed by atoms with Gasteiger partial charge in [-0.25, -0.2) is 4.79 Å². The van der Waals surface area contributed by atoms with Crippen LogP contribution in [0.25, 0.3) is 0 Å². The number of ether oxygens (including phenoxy) is 1. The van der Waals surface area contributed by atoms with Crippen molar-refractivity contribution >= 4 is 11.7 Å². The van der Waals surface area contributed by atoms with E-state index in [0.29, 0.717) is 6.20 Å². The first kappa shape index (κ1) is 19.2. The number of hydrogen-bond donors (Lipinski definition) is 3. The molecule has 1 rings (SSSR count). The second-order valence-corrected chi connectivity index (χ2v) is 4.64. The average molecular weight is 348 g/mol. The van der Waals surface area contributed by atoms with Crippen LogP contribution in [0.15, 0.2) is 36.2 Å². The van der Waals surface area contributed by atoms with Gasteiger partial charge in [-0.05, 0) is 18.6 Å². The third-order valence-electron chi connectivity index (χ3n) is 3.24. The molecule has 1 unspecified atom stereocenters. The summed E-state index contributed by atoms with van der Waals surface area (Å²) in [6, 6.07) is 3.91. The number of carbonyl (C=O) groups is 1. The van der Waals surface area contributed by atoms with Gasteiger partial charge in [0.2, 0.25) is 5.60 Å². The van der Waals surface area contributed by atoms with Crippen molar-refractivity contribution in [3.8, 4) is 0 Å². The molecule has 0 radical (unpaired) electrons. The molecule has 0 heterocycles. The molecule has 0 aromatic heterocycles. The number of halogens is 3. The number of carbonyl (C=O) groups excluding carboxylic acids is 1. The lowest BCUT2D eigenvalue weighted by Crippen LogP contribution is -2.53. The van der Waals surface area contributed by atoms with Crippen LogP contribution in [0.1, 0.15) is 23.7 Å². The fourth-order valence-corrected chi connectivity index (χ4v) is 1.90. The maximum atomic E-state index is 13.4. The summed E-state index contributed by atoms with van der Waals surface area (Å²) in [7, 11) is 0. The molecule has 24 heavy (non-hydrogen) atoms. The minimum absolute atomic E-state index is 0.295. The second-order valence-electron chi connectivity index (χ2n) is 4.64. The largest absolute Gasteiger partial charge is 0.439 e. The number of rotatable bonds is 6. The first-order valence-electron chi connectivity index (χ1n) is 6.55. The van der Waals surface area contributed by atoms with Gasteiger partial charge in [-0.15, -0.1) is 0 Å². The van der Waals surface area contributed by atoms with Crippen LogP contribution in [-0.4, -0.2) is 22.7 Å². The molecule has 0 aliphatic carbocycles. The van der Waals surface area contributed by atoms with Crippen molar-refractivity contribution in [3.63, 3.8) is 0 Å². The van der Waals surface area contributed by atoms with Gasteiger partial charge in [0.05, 0.1) is 16.2 Å². The molecule has 0 aliphatic rings. The van der Waals surface area contributed by atoms with Crippen molar-refractivity contribution in [2.24, 2.45) is 11.6 Å². The summed E-state index contributed by atoms with van der Waals surface area (Å²) in [6.45, 7) is 1.13. The van der Waals surface area contributed by atoms with E-state index in [-0.39, 0.29) is 11.3 Å². The van der Waals surface area contributed by atoms with Crippen molar-refractivity contribution < 1.29 is 27.6 Å². The van der Waals surface area contributed by atoms with Crippen LogP contribution in [0, 0.1) is 10.1 Å². The minimum Gasteiger partial charge on any atom is -0.439 e. The Morgan fingerprint density at radius 2 is 1.92 bits per heavy atom. The van der Waals surface area contributed by atoms with E-state index in [1.165, 1.54) is 0 Å². The van der Waals surface area contributed by atoms with E-state index >= 15 is 0 Å². The summed E-state index contributed by atoms with van der Waals surface area (Å²) in [5, 5.41) is 10.5. The number of nitro groups is 1. The highest BCUT2D eigenvalue weighted by atomic mass is 19.4. The van der Waals surface area contributed by atoms with Crippen LogP contribution in [0.4, 0.5) is 18.9 Å². The Labute approximate surface area is 134 Å². The number of alkyl halides is 3. The summed E-state index contributed by atoms with van der Waals surface area (Å²) < 4.78 is 44.9. The molecule has 0 spiro atoms. The minimum atomic E-state index is -5.00. The quantitative estimate of drug-likeness (QED) is 0.308. The zero-order valence-corrected chi connectivity index (χ0v) is 12.5. The Hall–Kier alpha value is -2.82. The predicted octanol–water partition coefficient (Wildman–Crippen LogP) is 1.73. The second kappa shape index (κ2) is 7.17. The van der Waals surface area contributed by atoms with Gasteiger partial charge in [0.25, 0.3) is 5.69 Å². The number of hydrogen-bond acceptors (Lipinski definition) is 7. The SMILES string of the molecule is CCC(OC(=O)c1ccc([N+](=O)[O-])cc1)(/C(N)=C/NN)C(F)(F)F. The smallest absolute Gasteiger partial charge is 0.434 e. The highest BCUT2D eigenvalue weighted by Crippen LogP contribution is 2.40. The molecule has 11 heteroatoms. The highest BCUT2D eigenvalue weighted by molar-refractivity contribution is 5.90. The molecule has 0 aliphatic heterocycles. The van der Waals surface area contributed by atoms with Crippen molar-refractivity contribution in [1.29, 1.82) is 0 Å². The Morgan fingerprint density at radius 1 is 1.38 bits per heavy atom. The van der Waals surface area contributed by atoms with E-state index in [1.807, 2.05) is 5.43 Å². The number of nitrogens with one attached hydrogen (secondary N) is 1. The third-order valence-corrected chi connectivity index (χ3v) is 3.24. The number of non-ortho nitro benzene ring substituents is 1. The Kier molecular flexibility index (Phi) is 5.74. The molecule has 0 amide bonds. The predicted molar refractivity (Wildman–Crippen MR) is 77.2 cm³/mol. The number of nitro benzene ring substituents is 1. The molecule has 5 N–H and O–H groups in total. The molecule has 1 atom stereocenters. The van der Waals surface area contributed by atoms with Crippen molar-refractivity contribution in [3.05, 3.63) is 51.8 Å². The van der Waals surface area contributed by atoms with Crippen LogP contribution in [-0.2, 0) is 4.74 Å². The van der Waals surface area contributed by atoms with E-state index in [2.05, 4.69) is 4.74 Å². The van der Waals surface area contributed by atoms with E-state index in [0.717, 1.165) is 31.2 Å². The fourth-order valence-electron chi connectivity index (χ4n) is 1.90. The summed E-state index contributed by atoms with van der Waals surface area (Å²) in [4.78, 5) is 21.9. The summed E-state index contributed by atoms with van der Waals surface area (Å²) in [5.74, 6) is 3.60. The van der Waals surface area contributed by atoms with Crippen molar-refractivity contribution in [1.82, 2.24) is 5.43 Å². The Bertz CT molecular complexity index is 646. The average Bonchev–Trinajstić information content (AvgIpc) is 2.51. The number of hydrazine groups is 1. The number of nitrogens with zero attached hydrogens (tertiary/aromatic N) is 1. The lowest BCUT2D eigenvalue weighted by atomic mass is 9.95.